The van der Waals surface area contributed by atoms with Crippen LogP contribution >= 0.6 is 0 Å². The first-order valence-corrected chi connectivity index (χ1v) is 7.64. The Bertz CT molecular complexity index is 807. The molecule has 6 nitrogen and oxygen atoms in total. The topological polar surface area (TPSA) is 96.9 Å². The van der Waals surface area contributed by atoms with E-state index in [0.717, 1.165) is 11.3 Å². The van der Waals surface area contributed by atoms with Crippen LogP contribution in [0, 0.1) is 5.41 Å². The summed E-state index contributed by atoms with van der Waals surface area (Å²) >= 11 is 0. The van der Waals surface area contributed by atoms with E-state index in [1.807, 2.05) is 60.7 Å². The highest BCUT2D eigenvalue weighted by Gasteiger charge is 2.11. The number of methoxy groups -OCH3 is 1. The lowest BCUT2D eigenvalue weighted by molar-refractivity contribution is 0.277. The Morgan fingerprint density at radius 1 is 1.00 bits per heavy atom. The van der Waals surface area contributed by atoms with Gasteiger partial charge in [-0.05, 0) is 12.1 Å². The highest BCUT2D eigenvalue weighted by atomic mass is 16.4. The highest BCUT2D eigenvalue weighted by Crippen LogP contribution is 2.17. The van der Waals surface area contributed by atoms with Crippen LogP contribution in [0.4, 0.5) is 17.5 Å². The highest BCUT2D eigenvalue weighted by molar-refractivity contribution is 6.13. The van der Waals surface area contributed by atoms with Gasteiger partial charge in [-0.25, -0.2) is 4.98 Å². The molecule has 128 valence electrons. The van der Waals surface area contributed by atoms with Crippen molar-refractivity contribution in [1.29, 1.82) is 5.41 Å². The van der Waals surface area contributed by atoms with Gasteiger partial charge in [0.15, 0.2) is 0 Å². The Morgan fingerprint density at radius 3 is 2.12 bits per heavy atom. The van der Waals surface area contributed by atoms with Crippen LogP contribution in [0.25, 0.3) is 0 Å². The fourth-order valence-corrected chi connectivity index (χ4v) is 2.06. The van der Waals surface area contributed by atoms with Gasteiger partial charge in [0, 0.05) is 31.7 Å². The molecule has 0 aliphatic rings. The van der Waals surface area contributed by atoms with E-state index in [0.29, 0.717) is 17.2 Å². The number of nitrogen functional groups attached to an aromatic ring is 1. The van der Waals surface area contributed by atoms with E-state index in [1.54, 1.807) is 20.4 Å². The summed E-state index contributed by atoms with van der Waals surface area (Å²) in [5, 5.41) is 11.3. The summed E-state index contributed by atoms with van der Waals surface area (Å²) in [4.78, 5) is 8.47. The van der Waals surface area contributed by atoms with Gasteiger partial charge in [-0.15, -0.1) is 0 Å². The number of aromatic nitrogens is 2. The van der Waals surface area contributed by atoms with Crippen LogP contribution in [0.15, 0.2) is 66.9 Å². The molecule has 0 aliphatic carbocycles. The molecule has 0 bridgehead atoms. The molecule has 1 aromatic heterocycles. The summed E-state index contributed by atoms with van der Waals surface area (Å²) in [7, 11) is 3.25. The average Bonchev–Trinajstić information content (AvgIpc) is 2.64. The van der Waals surface area contributed by atoms with Crippen molar-refractivity contribution in [2.24, 2.45) is 0 Å². The molecule has 0 spiro atoms. The van der Waals surface area contributed by atoms with Crippen LogP contribution in [0.5, 0.6) is 0 Å². The molecule has 2 aromatic carbocycles. The molecule has 0 atom stereocenters. The molecule has 3 rings (SSSR count). The number of benzene rings is 2. The van der Waals surface area contributed by atoms with E-state index >= 15 is 0 Å². The third-order valence-electron chi connectivity index (χ3n) is 3.18. The lowest BCUT2D eigenvalue weighted by atomic mass is 10.0. The Balaban J connectivity index is 0.000000701. The van der Waals surface area contributed by atoms with E-state index in [4.69, 9.17) is 11.1 Å². The van der Waals surface area contributed by atoms with E-state index < -0.39 is 0 Å². The molecular formula is C19H21N5O. The molecule has 0 amide bonds. The number of nitrogens with one attached hydrogen (secondary N) is 2. The van der Waals surface area contributed by atoms with Crippen molar-refractivity contribution in [3.05, 3.63) is 78.0 Å². The fourth-order valence-electron chi connectivity index (χ4n) is 2.06. The monoisotopic (exact) mass is 335 g/mol. The zero-order valence-corrected chi connectivity index (χ0v) is 14.2. The van der Waals surface area contributed by atoms with Gasteiger partial charge in [-0.2, -0.15) is 4.98 Å². The number of anilines is 3. The Labute approximate surface area is 147 Å². The van der Waals surface area contributed by atoms with Gasteiger partial charge in [-0.1, -0.05) is 48.5 Å². The second-order valence-corrected chi connectivity index (χ2v) is 5.13. The maximum absolute atomic E-state index is 8.22. The largest absolute Gasteiger partial charge is 0.388 e. The summed E-state index contributed by atoms with van der Waals surface area (Å²) in [5.41, 5.74) is 8.47. The van der Waals surface area contributed by atoms with Crippen molar-refractivity contribution in [2.45, 2.75) is 0 Å². The maximum Gasteiger partial charge on any atom is 0.229 e. The van der Waals surface area contributed by atoms with Crippen molar-refractivity contribution in [2.75, 3.05) is 25.3 Å². The SMILES string of the molecule is COC.N=C(c1ccccc1)c1cnc(Nc2ccccc2)nc1N. The number of para-hydroxylation sites is 1. The maximum atomic E-state index is 8.22. The van der Waals surface area contributed by atoms with Crippen molar-refractivity contribution in [3.63, 3.8) is 0 Å². The summed E-state index contributed by atoms with van der Waals surface area (Å²) in [6.45, 7) is 0. The van der Waals surface area contributed by atoms with Gasteiger partial charge in [0.25, 0.3) is 0 Å². The Morgan fingerprint density at radius 2 is 1.56 bits per heavy atom. The normalized spacial score (nSPS) is 9.68. The standard InChI is InChI=1S/C17H15N5.C2H6O/c18-15(12-7-3-1-4-8-12)14-11-20-17(22-16(14)19)21-13-9-5-2-6-10-13;1-3-2/h1-11,18H,(H3,19,20,21,22);1-2H3. The second-order valence-electron chi connectivity index (χ2n) is 5.13. The molecule has 4 N–H and O–H groups in total. The first kappa shape index (κ1) is 18.1. The fraction of sp³-hybridized carbons (Fsp3) is 0.105. The zero-order chi connectivity index (χ0) is 18.1. The van der Waals surface area contributed by atoms with Gasteiger partial charge in [0.1, 0.15) is 5.82 Å². The molecule has 3 aromatic rings. The smallest absolute Gasteiger partial charge is 0.229 e. The zero-order valence-electron chi connectivity index (χ0n) is 14.2. The van der Waals surface area contributed by atoms with Crippen LogP contribution in [0.1, 0.15) is 11.1 Å². The number of hydrogen-bond donors (Lipinski definition) is 3. The molecule has 1 heterocycles. The van der Waals surface area contributed by atoms with Gasteiger partial charge in [0.05, 0.1) is 11.3 Å². The van der Waals surface area contributed by atoms with Crippen LogP contribution in [0.2, 0.25) is 0 Å². The molecule has 0 fully saturated rings. The number of rotatable bonds is 4. The summed E-state index contributed by atoms with van der Waals surface area (Å²) in [6, 6.07) is 19.0. The lowest BCUT2D eigenvalue weighted by Crippen LogP contribution is -2.09. The van der Waals surface area contributed by atoms with Crippen LogP contribution < -0.4 is 11.1 Å². The minimum absolute atomic E-state index is 0.280. The van der Waals surface area contributed by atoms with E-state index in [-0.39, 0.29) is 5.82 Å². The molecule has 0 radical (unpaired) electrons. The van der Waals surface area contributed by atoms with Gasteiger partial charge in [-0.3, -0.25) is 5.41 Å². The lowest BCUT2D eigenvalue weighted by Gasteiger charge is -2.09. The first-order valence-electron chi connectivity index (χ1n) is 7.64. The van der Waals surface area contributed by atoms with Crippen LogP contribution in [-0.2, 0) is 4.74 Å². The summed E-state index contributed by atoms with van der Waals surface area (Å²) < 4.78 is 4.25. The van der Waals surface area contributed by atoms with Crippen molar-refractivity contribution < 1.29 is 4.74 Å². The first-order chi connectivity index (χ1) is 12.2. The van der Waals surface area contributed by atoms with Crippen molar-refractivity contribution >= 4 is 23.2 Å². The molecule has 0 unspecified atom stereocenters. The molecule has 0 saturated carbocycles. The van der Waals surface area contributed by atoms with Gasteiger partial charge in [0.2, 0.25) is 5.95 Å². The number of ether oxygens (including phenoxy) is 1. The van der Waals surface area contributed by atoms with E-state index in [1.165, 1.54) is 0 Å². The molecule has 25 heavy (non-hydrogen) atoms. The number of nitrogens with two attached hydrogens (primary N) is 1. The Hall–Kier alpha value is -3.25. The number of nitrogens with zero attached hydrogens (tertiary/aromatic N) is 2. The summed E-state index contributed by atoms with van der Waals surface area (Å²) in [5.74, 6) is 0.690. The minimum Gasteiger partial charge on any atom is -0.388 e. The van der Waals surface area contributed by atoms with Gasteiger partial charge < -0.3 is 15.8 Å². The second kappa shape index (κ2) is 9.14. The third kappa shape index (κ3) is 5.12. The quantitative estimate of drug-likeness (QED) is 0.634. The third-order valence-corrected chi connectivity index (χ3v) is 3.18. The number of hydrogen-bond acceptors (Lipinski definition) is 6. The molecular weight excluding hydrogens is 314 g/mol. The van der Waals surface area contributed by atoms with Crippen molar-refractivity contribution in [3.8, 4) is 0 Å². The summed E-state index contributed by atoms with van der Waals surface area (Å²) in [6.07, 6.45) is 1.57. The van der Waals surface area contributed by atoms with E-state index in [9.17, 15) is 0 Å². The minimum atomic E-state index is 0.280. The van der Waals surface area contributed by atoms with Crippen LogP contribution in [-0.4, -0.2) is 29.9 Å². The predicted molar refractivity (Wildman–Crippen MR) is 101 cm³/mol. The van der Waals surface area contributed by atoms with Crippen LogP contribution in [0.3, 0.4) is 0 Å². The average molecular weight is 335 g/mol. The Kier molecular flexibility index (Phi) is 6.62. The molecule has 6 heteroatoms. The molecule has 0 saturated heterocycles. The molecule has 0 aliphatic heterocycles. The van der Waals surface area contributed by atoms with Gasteiger partial charge >= 0.3 is 0 Å². The van der Waals surface area contributed by atoms with E-state index in [2.05, 4.69) is 20.0 Å². The predicted octanol–water partition coefficient (Wildman–Crippen LogP) is 3.48. The van der Waals surface area contributed by atoms with Crippen molar-refractivity contribution in [1.82, 2.24) is 9.97 Å².